The van der Waals surface area contributed by atoms with Crippen molar-refractivity contribution in [2.45, 2.75) is 39.4 Å². The Morgan fingerprint density at radius 2 is 1.96 bits per heavy atom. The van der Waals surface area contributed by atoms with Gasteiger partial charge in [-0.1, -0.05) is 30.3 Å². The van der Waals surface area contributed by atoms with Gasteiger partial charge in [-0.25, -0.2) is 9.48 Å². The maximum atomic E-state index is 12.5. The molecule has 0 radical (unpaired) electrons. The first kappa shape index (κ1) is 18.9. The van der Waals surface area contributed by atoms with Crippen LogP contribution in [-0.4, -0.2) is 51.8 Å². The van der Waals surface area contributed by atoms with Crippen LogP contribution >= 0.6 is 0 Å². The number of nitrogens with zero attached hydrogens (tertiary/aromatic N) is 4. The zero-order chi connectivity index (χ0) is 18.4. The van der Waals surface area contributed by atoms with E-state index in [1.807, 2.05) is 56.3 Å². The van der Waals surface area contributed by atoms with E-state index in [9.17, 15) is 9.59 Å². The molecule has 0 aliphatic heterocycles. The number of hydrogen-bond acceptors (Lipinski definition) is 4. The van der Waals surface area contributed by atoms with Crippen LogP contribution in [0, 0.1) is 6.92 Å². The number of amides is 1. The summed E-state index contributed by atoms with van der Waals surface area (Å²) < 4.78 is 2.85. The molecule has 0 saturated carbocycles. The lowest BCUT2D eigenvalue weighted by Gasteiger charge is -2.18. The van der Waals surface area contributed by atoms with E-state index in [0.717, 1.165) is 18.5 Å². The fourth-order valence-electron chi connectivity index (χ4n) is 2.85. The lowest BCUT2D eigenvalue weighted by Crippen LogP contribution is -2.42. The molecular formula is C18H27N5O2. The van der Waals surface area contributed by atoms with Crippen LogP contribution in [0.15, 0.2) is 35.1 Å². The molecule has 2 rings (SSSR count). The Morgan fingerprint density at radius 3 is 2.60 bits per heavy atom. The van der Waals surface area contributed by atoms with Crippen molar-refractivity contribution >= 4 is 5.91 Å². The van der Waals surface area contributed by atoms with Crippen molar-refractivity contribution in [1.82, 2.24) is 24.6 Å². The fraction of sp³-hybridized carbons (Fsp3) is 0.500. The minimum Gasteiger partial charge on any atom is -0.351 e. The summed E-state index contributed by atoms with van der Waals surface area (Å²) in [7, 11) is 3.90. The van der Waals surface area contributed by atoms with E-state index in [0.29, 0.717) is 12.4 Å². The van der Waals surface area contributed by atoms with Crippen molar-refractivity contribution in [2.75, 3.05) is 20.6 Å². The lowest BCUT2D eigenvalue weighted by atomic mass is 10.1. The van der Waals surface area contributed by atoms with Gasteiger partial charge in [-0.2, -0.15) is 5.10 Å². The Hall–Kier alpha value is -2.41. The van der Waals surface area contributed by atoms with Crippen LogP contribution in [0.1, 0.15) is 18.3 Å². The molecule has 0 fully saturated rings. The molecule has 7 nitrogen and oxygen atoms in total. The fourth-order valence-corrected chi connectivity index (χ4v) is 2.85. The number of rotatable bonds is 8. The van der Waals surface area contributed by atoms with Gasteiger partial charge in [-0.3, -0.25) is 9.36 Å². The van der Waals surface area contributed by atoms with E-state index in [4.69, 9.17) is 0 Å². The average molecular weight is 345 g/mol. The van der Waals surface area contributed by atoms with Crippen molar-refractivity contribution in [3.05, 3.63) is 52.2 Å². The summed E-state index contributed by atoms with van der Waals surface area (Å²) in [6.07, 6.45) is 0.749. The highest BCUT2D eigenvalue weighted by Gasteiger charge is 2.14. The molecule has 136 valence electrons. The molecule has 7 heteroatoms. The molecule has 2 aromatic rings. The van der Waals surface area contributed by atoms with Gasteiger partial charge in [-0.15, -0.1) is 0 Å². The van der Waals surface area contributed by atoms with Crippen LogP contribution in [0.2, 0.25) is 0 Å². The summed E-state index contributed by atoms with van der Waals surface area (Å²) in [5.74, 6) is 0.416. The van der Waals surface area contributed by atoms with Gasteiger partial charge in [0, 0.05) is 19.1 Å². The first-order valence-corrected chi connectivity index (χ1v) is 8.49. The Kier molecular flexibility index (Phi) is 6.52. The third-order valence-corrected chi connectivity index (χ3v) is 3.91. The van der Waals surface area contributed by atoms with Gasteiger partial charge >= 0.3 is 5.69 Å². The molecule has 1 N–H and O–H groups in total. The lowest BCUT2D eigenvalue weighted by molar-refractivity contribution is -0.122. The van der Waals surface area contributed by atoms with Crippen molar-refractivity contribution in [3.8, 4) is 0 Å². The number of hydrogen-bond donors (Lipinski definition) is 1. The Balaban J connectivity index is 1.99. The second-order valence-electron chi connectivity index (χ2n) is 6.61. The highest BCUT2D eigenvalue weighted by Crippen LogP contribution is 2.02. The van der Waals surface area contributed by atoms with E-state index in [1.165, 1.54) is 4.68 Å². The van der Waals surface area contributed by atoms with Crippen LogP contribution in [0.25, 0.3) is 0 Å². The first-order chi connectivity index (χ1) is 11.9. The van der Waals surface area contributed by atoms with Crippen LogP contribution in [0.5, 0.6) is 0 Å². The van der Waals surface area contributed by atoms with E-state index in [2.05, 4.69) is 10.4 Å². The predicted molar refractivity (Wildman–Crippen MR) is 97.5 cm³/mol. The number of aromatic nitrogens is 3. The molecule has 0 aliphatic rings. The van der Waals surface area contributed by atoms with Gasteiger partial charge in [-0.05, 0) is 39.9 Å². The summed E-state index contributed by atoms with van der Waals surface area (Å²) in [4.78, 5) is 26.6. The topological polar surface area (TPSA) is 72.2 Å². The van der Waals surface area contributed by atoms with Gasteiger partial charge in [0.1, 0.15) is 12.4 Å². The molecule has 0 aliphatic carbocycles. The van der Waals surface area contributed by atoms with E-state index in [-0.39, 0.29) is 24.2 Å². The molecule has 0 spiro atoms. The van der Waals surface area contributed by atoms with Crippen molar-refractivity contribution < 1.29 is 4.79 Å². The smallest absolute Gasteiger partial charge is 0.346 e. The summed E-state index contributed by atoms with van der Waals surface area (Å²) in [5, 5.41) is 7.11. The van der Waals surface area contributed by atoms with Gasteiger partial charge in [0.15, 0.2) is 0 Å². The Morgan fingerprint density at radius 1 is 1.28 bits per heavy atom. The van der Waals surface area contributed by atoms with E-state index < -0.39 is 0 Å². The van der Waals surface area contributed by atoms with Gasteiger partial charge < -0.3 is 10.2 Å². The first-order valence-electron chi connectivity index (χ1n) is 8.49. The normalized spacial score (nSPS) is 12.4. The number of nitrogens with one attached hydrogen (secondary N) is 1. The zero-order valence-corrected chi connectivity index (χ0v) is 15.4. The number of aryl methyl sites for hydroxylation is 2. The Bertz CT molecular complexity index is 749. The molecule has 0 bridgehead atoms. The zero-order valence-electron chi connectivity index (χ0n) is 15.4. The van der Waals surface area contributed by atoms with Crippen LogP contribution < -0.4 is 11.0 Å². The minimum atomic E-state index is -0.246. The second kappa shape index (κ2) is 8.62. The third kappa shape index (κ3) is 5.56. The van der Waals surface area contributed by atoms with Gasteiger partial charge in [0.25, 0.3) is 0 Å². The second-order valence-corrected chi connectivity index (χ2v) is 6.61. The molecule has 1 amide bonds. The third-order valence-electron chi connectivity index (χ3n) is 3.91. The van der Waals surface area contributed by atoms with Gasteiger partial charge in [0.05, 0.1) is 0 Å². The summed E-state index contributed by atoms with van der Waals surface area (Å²) in [6, 6.07) is 10.0. The van der Waals surface area contributed by atoms with Crippen molar-refractivity contribution in [1.29, 1.82) is 0 Å². The molecule has 1 aromatic carbocycles. The molecular weight excluding hydrogens is 318 g/mol. The number of likely N-dealkylation sites (N-methyl/N-ethyl adjacent to an activating group) is 1. The average Bonchev–Trinajstić information content (AvgIpc) is 2.79. The maximum absolute atomic E-state index is 12.5. The predicted octanol–water partition coefficient (Wildman–Crippen LogP) is 0.662. The van der Waals surface area contributed by atoms with Crippen LogP contribution in [0.3, 0.4) is 0 Å². The molecule has 25 heavy (non-hydrogen) atoms. The maximum Gasteiger partial charge on any atom is 0.346 e. The summed E-state index contributed by atoms with van der Waals surface area (Å²) >= 11 is 0. The highest BCUT2D eigenvalue weighted by atomic mass is 16.2. The summed E-state index contributed by atoms with van der Waals surface area (Å²) in [6.45, 7) is 4.95. The van der Waals surface area contributed by atoms with Crippen molar-refractivity contribution in [2.24, 2.45) is 0 Å². The molecule has 0 saturated heterocycles. The van der Waals surface area contributed by atoms with Crippen LogP contribution in [-0.2, 0) is 24.3 Å². The molecule has 1 atom stereocenters. The quantitative estimate of drug-likeness (QED) is 0.763. The standard InChI is InChI=1S/C18H27N5O2/c1-14(12-21(3)4)19-17(24)13-23-18(25)22(15(2)20-23)11-10-16-8-6-5-7-9-16/h5-9,14H,10-13H2,1-4H3,(H,19,24)/t14-/m0/s1. The SMILES string of the molecule is Cc1nn(CC(=O)N[C@@H](C)CN(C)C)c(=O)n1CCc1ccccc1. The molecule has 1 aromatic heterocycles. The van der Waals surface area contributed by atoms with Crippen molar-refractivity contribution in [3.63, 3.8) is 0 Å². The Labute approximate surface area is 148 Å². The molecule has 0 unspecified atom stereocenters. The van der Waals surface area contributed by atoms with Gasteiger partial charge in [0.2, 0.25) is 5.91 Å². The number of carbonyl (C=O) groups is 1. The van der Waals surface area contributed by atoms with Crippen LogP contribution in [0.4, 0.5) is 0 Å². The highest BCUT2D eigenvalue weighted by molar-refractivity contribution is 5.75. The van der Waals surface area contributed by atoms with E-state index >= 15 is 0 Å². The number of carbonyl (C=O) groups excluding carboxylic acids is 1. The minimum absolute atomic E-state index is 0.0134. The largest absolute Gasteiger partial charge is 0.351 e. The monoisotopic (exact) mass is 345 g/mol. The van der Waals surface area contributed by atoms with E-state index in [1.54, 1.807) is 11.5 Å². The number of benzene rings is 1. The summed E-state index contributed by atoms with van der Waals surface area (Å²) in [5.41, 5.74) is 0.917. The molecule has 1 heterocycles.